The molecule has 1 aromatic carbocycles. The van der Waals surface area contributed by atoms with Gasteiger partial charge in [-0.15, -0.1) is 0 Å². The molecule has 0 atom stereocenters. The van der Waals surface area contributed by atoms with Crippen molar-refractivity contribution in [1.82, 2.24) is 4.72 Å². The lowest BCUT2D eigenvalue weighted by Gasteiger charge is -2.32. The van der Waals surface area contributed by atoms with E-state index in [-0.39, 0.29) is 11.4 Å². The molecular weight excluding hydrogens is 302 g/mol. The summed E-state index contributed by atoms with van der Waals surface area (Å²) in [4.78, 5) is 0.178. The van der Waals surface area contributed by atoms with Crippen LogP contribution in [0.3, 0.4) is 0 Å². The van der Waals surface area contributed by atoms with Crippen LogP contribution in [0.2, 0.25) is 5.02 Å². The first-order valence-electron chi connectivity index (χ1n) is 6.38. The Morgan fingerprint density at radius 1 is 1.40 bits per heavy atom. The Morgan fingerprint density at radius 3 is 2.65 bits per heavy atom. The topological polar surface area (TPSA) is 75.6 Å². The van der Waals surface area contributed by atoms with Gasteiger partial charge in [-0.1, -0.05) is 11.6 Å². The van der Waals surface area contributed by atoms with Crippen LogP contribution in [0.5, 0.6) is 0 Å². The summed E-state index contributed by atoms with van der Waals surface area (Å²) in [5.41, 5.74) is -0.463. The van der Waals surface area contributed by atoms with E-state index in [1.807, 2.05) is 0 Å². The first-order valence-corrected chi connectivity index (χ1v) is 8.24. The van der Waals surface area contributed by atoms with E-state index in [0.29, 0.717) is 36.6 Å². The molecule has 1 fully saturated rings. The van der Waals surface area contributed by atoms with Crippen LogP contribution >= 0.6 is 11.6 Å². The van der Waals surface area contributed by atoms with Crippen molar-refractivity contribution < 1.29 is 18.3 Å². The lowest BCUT2D eigenvalue weighted by atomic mass is 9.95. The lowest BCUT2D eigenvalue weighted by molar-refractivity contribution is -0.0588. The number of hydrogen-bond donors (Lipinski definition) is 2. The van der Waals surface area contributed by atoms with Crippen LogP contribution < -0.4 is 4.72 Å². The Balaban J connectivity index is 2.11. The van der Waals surface area contributed by atoms with Crippen molar-refractivity contribution in [2.75, 3.05) is 19.8 Å². The molecule has 1 heterocycles. The quantitative estimate of drug-likeness (QED) is 0.881. The first-order chi connectivity index (χ1) is 9.32. The van der Waals surface area contributed by atoms with Crippen LogP contribution in [0.4, 0.5) is 0 Å². The Bertz CT molecular complexity index is 582. The molecule has 1 aliphatic heterocycles. The van der Waals surface area contributed by atoms with Gasteiger partial charge in [-0.3, -0.25) is 0 Å². The van der Waals surface area contributed by atoms with Gasteiger partial charge in [0, 0.05) is 37.6 Å². The van der Waals surface area contributed by atoms with Gasteiger partial charge in [0.15, 0.2) is 0 Å². The maximum Gasteiger partial charge on any atom is 0.240 e. The largest absolute Gasteiger partial charge is 0.388 e. The van der Waals surface area contributed by atoms with Crippen molar-refractivity contribution >= 4 is 21.6 Å². The third kappa shape index (κ3) is 3.71. The van der Waals surface area contributed by atoms with E-state index in [1.54, 1.807) is 13.0 Å². The van der Waals surface area contributed by atoms with E-state index < -0.39 is 15.6 Å². The zero-order valence-corrected chi connectivity index (χ0v) is 12.8. The molecule has 1 aliphatic rings. The normalized spacial score (nSPS) is 18.9. The minimum atomic E-state index is -3.65. The van der Waals surface area contributed by atoms with Crippen LogP contribution in [-0.2, 0) is 14.8 Å². The maximum atomic E-state index is 12.3. The van der Waals surface area contributed by atoms with Gasteiger partial charge in [-0.2, -0.15) is 0 Å². The molecule has 0 bridgehead atoms. The number of rotatable bonds is 4. The standard InChI is InChI=1S/C13H18ClNO4S/c1-10-8-11(14)2-3-12(10)20(17,18)15-9-13(16)4-6-19-7-5-13/h2-3,8,15-16H,4-7,9H2,1H3. The molecule has 0 aromatic heterocycles. The van der Waals surface area contributed by atoms with Crippen LogP contribution in [-0.4, -0.2) is 38.9 Å². The highest BCUT2D eigenvalue weighted by Gasteiger charge is 2.31. The minimum Gasteiger partial charge on any atom is -0.388 e. The smallest absolute Gasteiger partial charge is 0.240 e. The Labute approximate surface area is 124 Å². The number of halogens is 1. The van der Waals surface area contributed by atoms with Crippen LogP contribution in [0.25, 0.3) is 0 Å². The second kappa shape index (κ2) is 5.99. The molecule has 1 aromatic rings. The molecule has 0 amide bonds. The molecule has 5 nitrogen and oxygen atoms in total. The summed E-state index contributed by atoms with van der Waals surface area (Å²) in [6.07, 6.45) is 0.851. The Morgan fingerprint density at radius 2 is 2.05 bits per heavy atom. The highest BCUT2D eigenvalue weighted by Crippen LogP contribution is 2.22. The summed E-state index contributed by atoms with van der Waals surface area (Å²) < 4.78 is 32.1. The van der Waals surface area contributed by atoms with Gasteiger partial charge >= 0.3 is 0 Å². The number of nitrogens with one attached hydrogen (secondary N) is 1. The lowest BCUT2D eigenvalue weighted by Crippen LogP contribution is -2.46. The van der Waals surface area contributed by atoms with Gasteiger partial charge in [0.1, 0.15) is 0 Å². The molecule has 1 saturated heterocycles. The van der Waals surface area contributed by atoms with Crippen molar-refractivity contribution in [3.8, 4) is 0 Å². The van der Waals surface area contributed by atoms with Crippen molar-refractivity contribution in [3.05, 3.63) is 28.8 Å². The average molecular weight is 320 g/mol. The molecule has 7 heteroatoms. The number of hydrogen-bond acceptors (Lipinski definition) is 4. The molecule has 20 heavy (non-hydrogen) atoms. The molecule has 0 saturated carbocycles. The zero-order valence-electron chi connectivity index (χ0n) is 11.2. The number of aliphatic hydroxyl groups is 1. The van der Waals surface area contributed by atoms with Gasteiger partial charge < -0.3 is 9.84 Å². The number of ether oxygens (including phenoxy) is 1. The van der Waals surface area contributed by atoms with E-state index in [4.69, 9.17) is 16.3 Å². The van der Waals surface area contributed by atoms with Crippen LogP contribution in [0, 0.1) is 6.92 Å². The van der Waals surface area contributed by atoms with E-state index in [9.17, 15) is 13.5 Å². The van der Waals surface area contributed by atoms with Crippen molar-refractivity contribution in [3.63, 3.8) is 0 Å². The van der Waals surface area contributed by atoms with Crippen LogP contribution in [0.15, 0.2) is 23.1 Å². The summed E-state index contributed by atoms with van der Waals surface area (Å²) in [7, 11) is -3.65. The number of benzene rings is 1. The SMILES string of the molecule is Cc1cc(Cl)ccc1S(=O)(=O)NCC1(O)CCOCC1. The summed E-state index contributed by atoms with van der Waals surface area (Å²) in [6.45, 7) is 2.56. The predicted molar refractivity (Wildman–Crippen MR) is 76.4 cm³/mol. The van der Waals surface area contributed by atoms with Crippen molar-refractivity contribution in [2.24, 2.45) is 0 Å². The minimum absolute atomic E-state index is 0.0131. The molecule has 112 valence electrons. The van der Waals surface area contributed by atoms with E-state index in [0.717, 1.165) is 0 Å². The number of aryl methyl sites for hydroxylation is 1. The monoisotopic (exact) mass is 319 g/mol. The van der Waals surface area contributed by atoms with Gasteiger partial charge in [0.05, 0.1) is 10.5 Å². The number of sulfonamides is 1. The summed E-state index contributed by atoms with van der Waals surface area (Å²) in [6, 6.07) is 4.60. The molecule has 0 spiro atoms. The van der Waals surface area contributed by atoms with E-state index in [1.165, 1.54) is 12.1 Å². The third-order valence-electron chi connectivity index (χ3n) is 3.44. The predicted octanol–water partition coefficient (Wildman–Crippen LogP) is 1.47. The zero-order chi connectivity index (χ0) is 14.8. The van der Waals surface area contributed by atoms with Gasteiger partial charge in [0.25, 0.3) is 0 Å². The highest BCUT2D eigenvalue weighted by molar-refractivity contribution is 7.89. The average Bonchev–Trinajstić information content (AvgIpc) is 2.37. The molecule has 0 aliphatic carbocycles. The highest BCUT2D eigenvalue weighted by atomic mass is 35.5. The second-order valence-electron chi connectivity index (χ2n) is 5.07. The fourth-order valence-corrected chi connectivity index (χ4v) is 3.72. The Hall–Kier alpha value is -0.660. The second-order valence-corrected chi connectivity index (χ2v) is 7.24. The molecule has 2 rings (SSSR count). The third-order valence-corrected chi connectivity index (χ3v) is 5.24. The van der Waals surface area contributed by atoms with Crippen molar-refractivity contribution in [1.29, 1.82) is 0 Å². The van der Waals surface area contributed by atoms with Gasteiger partial charge in [0.2, 0.25) is 10.0 Å². The van der Waals surface area contributed by atoms with E-state index in [2.05, 4.69) is 4.72 Å². The molecule has 0 radical (unpaired) electrons. The molecular formula is C13H18ClNO4S. The molecule has 2 N–H and O–H groups in total. The maximum absolute atomic E-state index is 12.3. The van der Waals surface area contributed by atoms with E-state index >= 15 is 0 Å². The van der Waals surface area contributed by atoms with Crippen LogP contribution in [0.1, 0.15) is 18.4 Å². The summed E-state index contributed by atoms with van der Waals surface area (Å²) in [5.74, 6) is 0. The first kappa shape index (κ1) is 15.7. The fourth-order valence-electron chi connectivity index (χ4n) is 2.15. The summed E-state index contributed by atoms with van der Waals surface area (Å²) >= 11 is 5.82. The Kier molecular flexibility index (Phi) is 4.71. The molecule has 0 unspecified atom stereocenters. The van der Waals surface area contributed by atoms with Gasteiger partial charge in [-0.25, -0.2) is 13.1 Å². The fraction of sp³-hybridized carbons (Fsp3) is 0.538. The van der Waals surface area contributed by atoms with Gasteiger partial charge in [-0.05, 0) is 30.7 Å². The summed E-state index contributed by atoms with van der Waals surface area (Å²) in [5, 5.41) is 10.8. The van der Waals surface area contributed by atoms with Crippen molar-refractivity contribution in [2.45, 2.75) is 30.3 Å².